The zero-order chi connectivity index (χ0) is 23.4. The summed E-state index contributed by atoms with van der Waals surface area (Å²) < 4.78 is 27.1. The number of carbonyl (C=O) groups excluding carboxylic acids is 2. The monoisotopic (exact) mass is 489 g/mol. The number of sulfonamides is 1. The second-order valence-electron chi connectivity index (χ2n) is 8.55. The van der Waals surface area contributed by atoms with Crippen LogP contribution in [0.25, 0.3) is 0 Å². The summed E-state index contributed by atoms with van der Waals surface area (Å²) in [5.41, 5.74) is 1.15. The topological polar surface area (TPSA) is 86.8 Å². The Kier molecular flexibility index (Phi) is 7.36. The molecule has 0 aromatic heterocycles. The van der Waals surface area contributed by atoms with Gasteiger partial charge in [0.25, 0.3) is 5.91 Å². The van der Waals surface area contributed by atoms with Gasteiger partial charge in [-0.2, -0.15) is 4.31 Å². The predicted octanol–water partition coefficient (Wildman–Crippen LogP) is 4.01. The van der Waals surface area contributed by atoms with E-state index in [4.69, 9.17) is 11.6 Å². The van der Waals surface area contributed by atoms with Gasteiger partial charge in [0, 0.05) is 48.4 Å². The average Bonchev–Trinajstić information content (AvgIpc) is 2.85. The molecule has 2 heterocycles. The van der Waals surface area contributed by atoms with E-state index in [-0.39, 0.29) is 22.6 Å². The maximum Gasteiger partial charge on any atom is 0.253 e. The number of anilines is 1. The minimum atomic E-state index is -3.49. The third-order valence-electron chi connectivity index (χ3n) is 6.32. The van der Waals surface area contributed by atoms with Crippen LogP contribution in [0, 0.1) is 5.92 Å². The van der Waals surface area contributed by atoms with Crippen LogP contribution in [0.4, 0.5) is 5.69 Å². The zero-order valence-electron chi connectivity index (χ0n) is 18.4. The van der Waals surface area contributed by atoms with E-state index in [2.05, 4.69) is 5.32 Å². The van der Waals surface area contributed by atoms with Crippen LogP contribution in [0.5, 0.6) is 0 Å². The number of benzene rings is 2. The normalized spacial score (nSPS) is 18.2. The van der Waals surface area contributed by atoms with Gasteiger partial charge >= 0.3 is 0 Å². The van der Waals surface area contributed by atoms with Gasteiger partial charge in [-0.1, -0.05) is 18.0 Å². The molecule has 0 bridgehead atoms. The molecule has 0 aliphatic carbocycles. The summed E-state index contributed by atoms with van der Waals surface area (Å²) in [6, 6.07) is 13.2. The van der Waals surface area contributed by atoms with E-state index in [1.807, 2.05) is 0 Å². The molecule has 0 radical (unpaired) electrons. The van der Waals surface area contributed by atoms with Gasteiger partial charge in [0.1, 0.15) is 0 Å². The van der Waals surface area contributed by atoms with E-state index in [0.29, 0.717) is 55.3 Å². The Morgan fingerprint density at radius 3 is 2.06 bits per heavy atom. The molecule has 2 aromatic rings. The number of piperidine rings is 2. The number of halogens is 1. The molecule has 2 saturated heterocycles. The lowest BCUT2D eigenvalue weighted by Crippen LogP contribution is -2.41. The van der Waals surface area contributed by atoms with Gasteiger partial charge in [-0.05, 0) is 74.2 Å². The van der Waals surface area contributed by atoms with E-state index in [1.165, 1.54) is 4.31 Å². The fourth-order valence-corrected chi connectivity index (χ4v) is 5.97. The van der Waals surface area contributed by atoms with Crippen LogP contribution in [0.3, 0.4) is 0 Å². The maximum atomic E-state index is 12.8. The SMILES string of the molecule is O=C(Nc1ccc(S(=O)(=O)N2CCCCC2)cc1)C1CCN(C(=O)c2ccc(Cl)cc2)CC1. The van der Waals surface area contributed by atoms with Crippen molar-refractivity contribution in [1.29, 1.82) is 0 Å². The Bertz CT molecular complexity index is 1090. The smallest absolute Gasteiger partial charge is 0.253 e. The Hall–Kier alpha value is -2.42. The van der Waals surface area contributed by atoms with E-state index < -0.39 is 10.0 Å². The molecule has 2 aromatic carbocycles. The van der Waals surface area contributed by atoms with E-state index in [0.717, 1.165) is 19.3 Å². The standard InChI is InChI=1S/C24H28ClN3O4S/c25-20-6-4-19(5-7-20)24(30)27-16-12-18(13-17-27)23(29)26-21-8-10-22(11-9-21)33(31,32)28-14-2-1-3-15-28/h4-11,18H,1-3,12-17H2,(H,26,29). The van der Waals surface area contributed by atoms with E-state index in [1.54, 1.807) is 53.4 Å². The highest BCUT2D eigenvalue weighted by molar-refractivity contribution is 7.89. The highest BCUT2D eigenvalue weighted by atomic mass is 35.5. The number of hydrogen-bond acceptors (Lipinski definition) is 4. The number of rotatable bonds is 5. The number of hydrogen-bond donors (Lipinski definition) is 1. The number of carbonyl (C=O) groups is 2. The van der Waals surface area contributed by atoms with Gasteiger partial charge < -0.3 is 10.2 Å². The summed E-state index contributed by atoms with van der Waals surface area (Å²) >= 11 is 5.89. The summed E-state index contributed by atoms with van der Waals surface area (Å²) in [6.45, 7) is 2.12. The van der Waals surface area contributed by atoms with Crippen LogP contribution in [-0.2, 0) is 14.8 Å². The minimum absolute atomic E-state index is 0.0592. The lowest BCUT2D eigenvalue weighted by Gasteiger charge is -2.31. The van der Waals surface area contributed by atoms with Crippen molar-refractivity contribution in [2.75, 3.05) is 31.5 Å². The van der Waals surface area contributed by atoms with Crippen molar-refractivity contribution < 1.29 is 18.0 Å². The van der Waals surface area contributed by atoms with Crippen molar-refractivity contribution in [3.8, 4) is 0 Å². The molecule has 0 saturated carbocycles. The van der Waals surface area contributed by atoms with Crippen LogP contribution in [-0.4, -0.2) is 55.6 Å². The van der Waals surface area contributed by atoms with Crippen molar-refractivity contribution in [1.82, 2.24) is 9.21 Å². The lowest BCUT2D eigenvalue weighted by molar-refractivity contribution is -0.121. The van der Waals surface area contributed by atoms with Gasteiger partial charge in [-0.25, -0.2) is 8.42 Å². The minimum Gasteiger partial charge on any atom is -0.339 e. The molecule has 4 rings (SSSR count). The first-order valence-corrected chi connectivity index (χ1v) is 13.1. The van der Waals surface area contributed by atoms with Crippen molar-refractivity contribution in [3.05, 3.63) is 59.1 Å². The van der Waals surface area contributed by atoms with Crippen LogP contribution in [0.1, 0.15) is 42.5 Å². The molecule has 0 atom stereocenters. The third kappa shape index (κ3) is 5.57. The zero-order valence-corrected chi connectivity index (χ0v) is 19.9. The Balaban J connectivity index is 1.31. The van der Waals surface area contributed by atoms with Crippen LogP contribution >= 0.6 is 11.6 Å². The Morgan fingerprint density at radius 1 is 0.848 bits per heavy atom. The summed E-state index contributed by atoms with van der Waals surface area (Å²) in [5, 5.41) is 3.47. The fraction of sp³-hybridized carbons (Fsp3) is 0.417. The molecule has 2 amide bonds. The summed E-state index contributed by atoms with van der Waals surface area (Å²) in [6.07, 6.45) is 3.99. The predicted molar refractivity (Wildman–Crippen MR) is 128 cm³/mol. The first-order valence-electron chi connectivity index (χ1n) is 11.3. The number of nitrogens with one attached hydrogen (secondary N) is 1. The Morgan fingerprint density at radius 2 is 1.45 bits per heavy atom. The third-order valence-corrected chi connectivity index (χ3v) is 8.48. The van der Waals surface area contributed by atoms with Crippen LogP contribution in [0.2, 0.25) is 5.02 Å². The van der Waals surface area contributed by atoms with Gasteiger partial charge in [-0.3, -0.25) is 9.59 Å². The number of likely N-dealkylation sites (tertiary alicyclic amines) is 1. The molecule has 9 heteroatoms. The summed E-state index contributed by atoms with van der Waals surface area (Å²) in [5.74, 6) is -0.368. The van der Waals surface area contributed by atoms with E-state index >= 15 is 0 Å². The second kappa shape index (κ2) is 10.2. The van der Waals surface area contributed by atoms with Crippen molar-refractivity contribution in [3.63, 3.8) is 0 Å². The molecule has 2 aliphatic heterocycles. The van der Waals surface area contributed by atoms with Gasteiger partial charge in [0.2, 0.25) is 15.9 Å². The quantitative estimate of drug-likeness (QED) is 0.687. The molecule has 2 aliphatic rings. The molecule has 176 valence electrons. The molecular formula is C24H28ClN3O4S. The van der Waals surface area contributed by atoms with Crippen molar-refractivity contribution in [2.45, 2.75) is 37.0 Å². The van der Waals surface area contributed by atoms with Gasteiger partial charge in [0.05, 0.1) is 4.90 Å². The number of amides is 2. The average molecular weight is 490 g/mol. The van der Waals surface area contributed by atoms with Gasteiger partial charge in [-0.15, -0.1) is 0 Å². The molecule has 1 N–H and O–H groups in total. The highest BCUT2D eigenvalue weighted by Gasteiger charge is 2.29. The largest absolute Gasteiger partial charge is 0.339 e. The van der Waals surface area contributed by atoms with Crippen molar-refractivity contribution in [2.24, 2.45) is 5.92 Å². The van der Waals surface area contributed by atoms with E-state index in [9.17, 15) is 18.0 Å². The van der Waals surface area contributed by atoms with Gasteiger partial charge in [0.15, 0.2) is 0 Å². The first-order chi connectivity index (χ1) is 15.8. The molecule has 33 heavy (non-hydrogen) atoms. The summed E-state index contributed by atoms with van der Waals surface area (Å²) in [7, 11) is -3.49. The molecule has 2 fully saturated rings. The highest BCUT2D eigenvalue weighted by Crippen LogP contribution is 2.24. The van der Waals surface area contributed by atoms with Crippen molar-refractivity contribution >= 4 is 39.1 Å². The Labute approximate surface area is 199 Å². The second-order valence-corrected chi connectivity index (χ2v) is 10.9. The maximum absolute atomic E-state index is 12.8. The summed E-state index contributed by atoms with van der Waals surface area (Å²) in [4.78, 5) is 27.4. The first kappa shape index (κ1) is 23.7. The van der Waals surface area contributed by atoms with Crippen LogP contribution in [0.15, 0.2) is 53.4 Å². The molecular weight excluding hydrogens is 462 g/mol. The number of nitrogens with zero attached hydrogens (tertiary/aromatic N) is 2. The fourth-order valence-electron chi connectivity index (χ4n) is 4.33. The lowest BCUT2D eigenvalue weighted by atomic mass is 9.95. The van der Waals surface area contributed by atoms with Crippen LogP contribution < -0.4 is 5.32 Å². The molecule has 0 unspecified atom stereocenters. The molecule has 7 nitrogen and oxygen atoms in total. The molecule has 0 spiro atoms.